The van der Waals surface area contributed by atoms with E-state index in [2.05, 4.69) is 27.2 Å². The Bertz CT molecular complexity index is 1460. The van der Waals surface area contributed by atoms with Crippen molar-refractivity contribution >= 4 is 60.5 Å². The molecule has 1 aromatic carbocycles. The first-order valence-corrected chi connectivity index (χ1v) is 13.7. The minimum atomic E-state index is -0.107. The zero-order valence-electron chi connectivity index (χ0n) is 20.6. The zero-order valence-corrected chi connectivity index (χ0v) is 22.2. The number of amides is 1. The Hall–Kier alpha value is -3.02. The van der Waals surface area contributed by atoms with Gasteiger partial charge in [0.15, 0.2) is 0 Å². The Labute approximate surface area is 216 Å². The number of carbonyl (C=O) groups is 1. The monoisotopic (exact) mass is 527 g/mol. The van der Waals surface area contributed by atoms with Gasteiger partial charge in [0, 0.05) is 37.1 Å². The fourth-order valence-electron chi connectivity index (χ4n) is 4.85. The van der Waals surface area contributed by atoms with E-state index in [0.717, 1.165) is 63.3 Å². The smallest absolute Gasteiger partial charge is 0.305 e. The molecule has 9 nitrogen and oxygen atoms in total. The van der Waals surface area contributed by atoms with E-state index >= 15 is 0 Å². The molecule has 0 aliphatic heterocycles. The number of benzene rings is 1. The number of aryl methyl sites for hydroxylation is 1. The first-order valence-electron chi connectivity index (χ1n) is 12.0. The minimum Gasteiger partial charge on any atom is -0.494 e. The van der Waals surface area contributed by atoms with Crippen LogP contribution >= 0.6 is 22.7 Å². The van der Waals surface area contributed by atoms with E-state index in [1.54, 1.807) is 31.9 Å². The Balaban J connectivity index is 1.45. The third-order valence-corrected chi connectivity index (χ3v) is 8.57. The molecule has 5 rings (SSSR count). The van der Waals surface area contributed by atoms with E-state index in [1.165, 1.54) is 10.4 Å². The Morgan fingerprint density at radius 2 is 2.11 bits per heavy atom. The summed E-state index contributed by atoms with van der Waals surface area (Å²) in [6, 6.07) is 3.72. The Morgan fingerprint density at radius 1 is 1.25 bits per heavy atom. The number of thiophene rings is 1. The highest BCUT2D eigenvalue weighted by molar-refractivity contribution is 7.19. The van der Waals surface area contributed by atoms with Crippen LogP contribution in [0.4, 0.5) is 11.5 Å². The van der Waals surface area contributed by atoms with Gasteiger partial charge in [0.1, 0.15) is 22.7 Å². The number of H-pyrrole nitrogens is 1. The van der Waals surface area contributed by atoms with E-state index in [4.69, 9.17) is 9.47 Å². The number of rotatable bonds is 9. The molecule has 11 heteroatoms. The van der Waals surface area contributed by atoms with Crippen molar-refractivity contribution in [3.63, 3.8) is 0 Å². The summed E-state index contributed by atoms with van der Waals surface area (Å²) in [5.41, 5.74) is 2.69. The first-order chi connectivity index (χ1) is 17.5. The highest BCUT2D eigenvalue weighted by Gasteiger charge is 2.31. The van der Waals surface area contributed by atoms with Gasteiger partial charge in [0.25, 0.3) is 0 Å². The standard InChI is InChI=1S/C25H29N5O4S2/c1-4-7-30(8-9-33-2)24(31)14-5-6-15-19(10-14)35-23-21(15)22(26-13-27-23)28-16-12-20-17(11-18(16)34-3)29-25(32)36-20/h11-14H,4-10H2,1-3H3,(H,29,32)(H,26,27,28). The number of nitrogens with one attached hydrogen (secondary N) is 2. The SMILES string of the molecule is CCCN(CCOC)C(=O)C1CCc2c(sc3ncnc(Nc4cc5sc(=O)[nH]c5cc4OC)c23)C1. The van der Waals surface area contributed by atoms with Crippen LogP contribution in [0.15, 0.2) is 23.3 Å². The van der Waals surface area contributed by atoms with Crippen molar-refractivity contribution < 1.29 is 14.3 Å². The lowest BCUT2D eigenvalue weighted by Gasteiger charge is -2.29. The van der Waals surface area contributed by atoms with Crippen molar-refractivity contribution in [2.24, 2.45) is 5.92 Å². The van der Waals surface area contributed by atoms with Gasteiger partial charge < -0.3 is 24.7 Å². The van der Waals surface area contributed by atoms with Crippen molar-refractivity contribution in [2.45, 2.75) is 32.6 Å². The molecule has 1 atom stereocenters. The van der Waals surface area contributed by atoms with Crippen LogP contribution in [-0.4, -0.2) is 59.7 Å². The molecular formula is C25H29N5O4S2. The van der Waals surface area contributed by atoms with Crippen LogP contribution in [-0.2, 0) is 22.4 Å². The summed E-state index contributed by atoms with van der Waals surface area (Å²) in [7, 11) is 3.27. The van der Waals surface area contributed by atoms with Crippen LogP contribution in [0.1, 0.15) is 30.2 Å². The van der Waals surface area contributed by atoms with Crippen molar-refractivity contribution in [3.05, 3.63) is 38.6 Å². The minimum absolute atomic E-state index is 0.0304. The van der Waals surface area contributed by atoms with Crippen LogP contribution in [0.25, 0.3) is 20.4 Å². The summed E-state index contributed by atoms with van der Waals surface area (Å²) >= 11 is 2.80. The lowest BCUT2D eigenvalue weighted by molar-refractivity contribution is -0.136. The highest BCUT2D eigenvalue weighted by Crippen LogP contribution is 2.42. The quantitative estimate of drug-likeness (QED) is 0.333. The predicted octanol–water partition coefficient (Wildman–Crippen LogP) is 4.34. The van der Waals surface area contributed by atoms with Gasteiger partial charge in [-0.25, -0.2) is 9.97 Å². The van der Waals surface area contributed by atoms with Crippen LogP contribution in [0.3, 0.4) is 0 Å². The molecular weight excluding hydrogens is 498 g/mol. The second-order valence-electron chi connectivity index (χ2n) is 8.85. The number of aromatic nitrogens is 3. The number of anilines is 2. The average molecular weight is 528 g/mol. The number of carbonyl (C=O) groups excluding carboxylic acids is 1. The molecule has 4 aromatic rings. The summed E-state index contributed by atoms with van der Waals surface area (Å²) < 4.78 is 11.6. The van der Waals surface area contributed by atoms with Gasteiger partial charge in [-0.1, -0.05) is 18.3 Å². The molecule has 3 aromatic heterocycles. The van der Waals surface area contributed by atoms with Gasteiger partial charge in [-0.05, 0) is 37.3 Å². The predicted molar refractivity (Wildman–Crippen MR) is 144 cm³/mol. The van der Waals surface area contributed by atoms with Crippen LogP contribution < -0.4 is 14.9 Å². The molecule has 1 aliphatic carbocycles. The molecule has 0 radical (unpaired) electrons. The molecule has 0 saturated heterocycles. The van der Waals surface area contributed by atoms with E-state index in [9.17, 15) is 9.59 Å². The molecule has 1 unspecified atom stereocenters. The number of thiazole rings is 1. The number of methoxy groups -OCH3 is 2. The van der Waals surface area contributed by atoms with Crippen molar-refractivity contribution in [3.8, 4) is 5.75 Å². The van der Waals surface area contributed by atoms with Crippen LogP contribution in [0.2, 0.25) is 0 Å². The number of aromatic amines is 1. The fourth-order valence-corrected chi connectivity index (χ4v) is 6.87. The Kier molecular flexibility index (Phi) is 7.22. The molecule has 3 heterocycles. The molecule has 0 bridgehead atoms. The van der Waals surface area contributed by atoms with Crippen molar-refractivity contribution in [2.75, 3.05) is 39.2 Å². The molecule has 190 valence electrons. The number of nitrogens with zero attached hydrogens (tertiary/aromatic N) is 3. The number of hydrogen-bond acceptors (Lipinski definition) is 9. The second-order valence-corrected chi connectivity index (χ2v) is 11.0. The third-order valence-electron chi connectivity index (χ3n) is 6.56. The summed E-state index contributed by atoms with van der Waals surface area (Å²) in [5.74, 6) is 1.50. The van der Waals surface area contributed by atoms with Gasteiger partial charge in [-0.3, -0.25) is 9.59 Å². The fraction of sp³-hybridized carbons (Fsp3) is 0.440. The molecule has 1 aliphatic rings. The third kappa shape index (κ3) is 4.70. The van der Waals surface area contributed by atoms with Crippen LogP contribution in [0, 0.1) is 5.92 Å². The van der Waals surface area contributed by atoms with Gasteiger partial charge in [-0.2, -0.15) is 0 Å². The summed E-state index contributed by atoms with van der Waals surface area (Å²) in [6.45, 7) is 4.01. The summed E-state index contributed by atoms with van der Waals surface area (Å²) in [5, 5.41) is 4.43. The topological polar surface area (TPSA) is 109 Å². The van der Waals surface area contributed by atoms with Gasteiger partial charge in [-0.15, -0.1) is 11.3 Å². The van der Waals surface area contributed by atoms with E-state index in [0.29, 0.717) is 31.1 Å². The highest BCUT2D eigenvalue weighted by atomic mass is 32.1. The molecule has 0 fully saturated rings. The van der Waals surface area contributed by atoms with Crippen molar-refractivity contribution in [1.82, 2.24) is 19.9 Å². The number of hydrogen-bond donors (Lipinski definition) is 2. The maximum atomic E-state index is 13.3. The zero-order chi connectivity index (χ0) is 25.2. The van der Waals surface area contributed by atoms with Crippen LogP contribution in [0.5, 0.6) is 5.75 Å². The Morgan fingerprint density at radius 3 is 2.89 bits per heavy atom. The maximum Gasteiger partial charge on any atom is 0.305 e. The normalized spacial score (nSPS) is 15.2. The van der Waals surface area contributed by atoms with E-state index in [-0.39, 0.29) is 16.7 Å². The van der Waals surface area contributed by atoms with Gasteiger partial charge in [0.05, 0.1) is 35.0 Å². The van der Waals surface area contributed by atoms with E-state index in [1.807, 2.05) is 17.0 Å². The van der Waals surface area contributed by atoms with Gasteiger partial charge >= 0.3 is 4.87 Å². The lowest BCUT2D eigenvalue weighted by Crippen LogP contribution is -2.40. The van der Waals surface area contributed by atoms with E-state index < -0.39 is 0 Å². The lowest BCUT2D eigenvalue weighted by atomic mass is 9.86. The maximum absolute atomic E-state index is 13.3. The molecule has 36 heavy (non-hydrogen) atoms. The molecule has 2 N–H and O–H groups in total. The second kappa shape index (κ2) is 10.5. The first kappa shape index (κ1) is 24.7. The number of ether oxygens (including phenoxy) is 2. The average Bonchev–Trinajstić information content (AvgIpc) is 3.44. The summed E-state index contributed by atoms with van der Waals surface area (Å²) in [6.07, 6.45) is 4.80. The van der Waals surface area contributed by atoms with Crippen molar-refractivity contribution in [1.29, 1.82) is 0 Å². The molecule has 0 saturated carbocycles. The van der Waals surface area contributed by atoms with Gasteiger partial charge in [0.2, 0.25) is 5.91 Å². The summed E-state index contributed by atoms with van der Waals surface area (Å²) in [4.78, 5) is 41.0. The number of fused-ring (bicyclic) bond motifs is 4. The largest absolute Gasteiger partial charge is 0.494 e. The molecule has 1 amide bonds. The molecule has 0 spiro atoms.